The first-order valence-electron chi connectivity index (χ1n) is 11.6. The maximum Gasteiger partial charge on any atom is 0.238 e. The molecule has 0 N–H and O–H groups in total. The minimum Gasteiger partial charge on any atom is -0.377 e. The number of aryl methyl sites for hydroxylation is 1. The molecule has 0 aliphatic carbocycles. The zero-order chi connectivity index (χ0) is 25.3. The molecule has 4 aromatic rings. The lowest BCUT2D eigenvalue weighted by Gasteiger charge is -2.43. The molecule has 188 valence electrons. The minimum absolute atomic E-state index is 0.0873. The van der Waals surface area contributed by atoms with Crippen LogP contribution < -0.4 is 4.90 Å². The average molecular weight is 575 g/mol. The van der Waals surface area contributed by atoms with Crippen LogP contribution in [0.15, 0.2) is 46.8 Å². The quantitative estimate of drug-likeness (QED) is 0.143. The monoisotopic (exact) mass is 574 g/mol. The summed E-state index contributed by atoms with van der Waals surface area (Å²) in [6.07, 6.45) is 0. The van der Waals surface area contributed by atoms with Crippen LogP contribution in [0.1, 0.15) is 24.3 Å². The number of benzene rings is 2. The maximum atomic E-state index is 13.5. The number of thiazole rings is 1. The van der Waals surface area contributed by atoms with Gasteiger partial charge in [0.2, 0.25) is 5.91 Å². The molecular formula is C26H26N2O3S5. The highest BCUT2D eigenvalue weighted by Gasteiger charge is 2.42. The van der Waals surface area contributed by atoms with E-state index in [2.05, 4.69) is 50.0 Å². The van der Waals surface area contributed by atoms with Gasteiger partial charge in [0.05, 0.1) is 58.5 Å². The van der Waals surface area contributed by atoms with Gasteiger partial charge in [-0.1, -0.05) is 68.4 Å². The molecule has 0 unspecified atom stereocenters. The molecule has 5 nitrogen and oxygen atoms in total. The summed E-state index contributed by atoms with van der Waals surface area (Å²) in [5.41, 5.74) is 4.86. The number of amides is 1. The summed E-state index contributed by atoms with van der Waals surface area (Å²) in [6, 6.07) is 14.4. The standard InChI is InChI=1S/C22H18N2OS5.C4H8O2/c1-12-8-9-15-13(10-12)18-19(29-30-20(18)26)22(2,3)24(15)17(25)11-27-21-23-14-6-4-5-7-16(14)28-21;1-2-6-4-3-5-1/h4-10H,11H2,1-3H3;1-4H2. The number of anilines is 1. The van der Waals surface area contributed by atoms with Crippen molar-refractivity contribution in [1.29, 1.82) is 0 Å². The predicted molar refractivity (Wildman–Crippen MR) is 156 cm³/mol. The van der Waals surface area contributed by atoms with Gasteiger partial charge in [0.25, 0.3) is 0 Å². The molecule has 10 heteroatoms. The second kappa shape index (κ2) is 11.0. The molecule has 1 saturated heterocycles. The zero-order valence-corrected chi connectivity index (χ0v) is 24.3. The number of carbonyl (C=O) groups is 1. The second-order valence-electron chi connectivity index (χ2n) is 8.93. The normalized spacial score (nSPS) is 16.1. The number of thioether (sulfide) groups is 1. The molecule has 4 heterocycles. The van der Waals surface area contributed by atoms with Crippen LogP contribution in [0.3, 0.4) is 0 Å². The van der Waals surface area contributed by atoms with Crippen molar-refractivity contribution in [2.24, 2.45) is 0 Å². The van der Waals surface area contributed by atoms with Crippen LogP contribution in [0.2, 0.25) is 0 Å². The Balaban J connectivity index is 0.000000391. The van der Waals surface area contributed by atoms with Crippen molar-refractivity contribution in [3.8, 4) is 11.1 Å². The van der Waals surface area contributed by atoms with Crippen LogP contribution >= 0.6 is 56.0 Å². The highest BCUT2D eigenvalue weighted by Crippen LogP contribution is 2.52. The molecule has 1 fully saturated rings. The Labute approximate surface area is 231 Å². The van der Waals surface area contributed by atoms with Crippen molar-refractivity contribution in [3.63, 3.8) is 0 Å². The highest BCUT2D eigenvalue weighted by molar-refractivity contribution is 8.01. The third-order valence-corrected chi connectivity index (χ3v) is 11.5. The fourth-order valence-corrected chi connectivity index (χ4v) is 9.53. The molecule has 0 atom stereocenters. The molecule has 0 spiro atoms. The van der Waals surface area contributed by atoms with E-state index >= 15 is 0 Å². The van der Waals surface area contributed by atoms with Crippen LogP contribution in [0.4, 0.5) is 5.69 Å². The van der Waals surface area contributed by atoms with Gasteiger partial charge in [-0.15, -0.1) is 11.3 Å². The van der Waals surface area contributed by atoms with Gasteiger partial charge in [-0.25, -0.2) is 4.98 Å². The van der Waals surface area contributed by atoms with E-state index in [-0.39, 0.29) is 5.91 Å². The number of para-hydroxylation sites is 1. The van der Waals surface area contributed by atoms with Crippen molar-refractivity contribution >= 4 is 77.8 Å². The van der Waals surface area contributed by atoms with Gasteiger partial charge in [-0.05, 0) is 45.0 Å². The van der Waals surface area contributed by atoms with Crippen molar-refractivity contribution < 1.29 is 14.3 Å². The van der Waals surface area contributed by atoms with Gasteiger partial charge < -0.3 is 14.4 Å². The lowest BCUT2D eigenvalue weighted by atomic mass is 9.87. The molecule has 2 aromatic carbocycles. The summed E-state index contributed by atoms with van der Waals surface area (Å²) >= 11 is 8.81. The summed E-state index contributed by atoms with van der Waals surface area (Å²) in [6.45, 7) is 9.42. The van der Waals surface area contributed by atoms with Crippen molar-refractivity contribution in [2.75, 3.05) is 37.1 Å². The fraction of sp³-hybridized carbons (Fsp3) is 0.346. The number of hydrogen-bond acceptors (Lipinski definition) is 9. The third-order valence-electron chi connectivity index (χ3n) is 6.00. The molecular weight excluding hydrogens is 549 g/mol. The molecule has 6 rings (SSSR count). The van der Waals surface area contributed by atoms with Crippen molar-refractivity contribution in [1.82, 2.24) is 4.98 Å². The van der Waals surface area contributed by atoms with E-state index in [1.165, 1.54) is 22.2 Å². The van der Waals surface area contributed by atoms with E-state index in [0.717, 1.165) is 61.6 Å². The Morgan fingerprint density at radius 1 is 1.11 bits per heavy atom. The van der Waals surface area contributed by atoms with Gasteiger partial charge in [0.1, 0.15) is 3.82 Å². The highest BCUT2D eigenvalue weighted by atomic mass is 32.9. The lowest BCUT2D eigenvalue weighted by molar-refractivity contribution is -0.117. The Hall–Kier alpha value is -1.66. The molecule has 0 saturated carbocycles. The largest absolute Gasteiger partial charge is 0.377 e. The number of fused-ring (bicyclic) bond motifs is 4. The number of ether oxygens (including phenoxy) is 2. The molecule has 1 amide bonds. The summed E-state index contributed by atoms with van der Waals surface area (Å²) in [5.74, 6) is 0.436. The number of carbonyl (C=O) groups excluding carboxylic acids is 1. The number of aromatic nitrogens is 1. The van der Waals surface area contributed by atoms with E-state index < -0.39 is 5.54 Å². The number of nitrogens with zero attached hydrogens (tertiary/aromatic N) is 2. The summed E-state index contributed by atoms with van der Waals surface area (Å²) in [7, 11) is 3.32. The first-order chi connectivity index (χ1) is 17.4. The number of hydrogen-bond donors (Lipinski definition) is 0. The number of rotatable bonds is 3. The van der Waals surface area contributed by atoms with E-state index in [1.54, 1.807) is 32.0 Å². The van der Waals surface area contributed by atoms with Crippen LogP contribution in [0.25, 0.3) is 21.3 Å². The average Bonchev–Trinajstić information content (AvgIpc) is 3.48. The first kappa shape index (κ1) is 26.0. The van der Waals surface area contributed by atoms with E-state index in [4.69, 9.17) is 21.7 Å². The van der Waals surface area contributed by atoms with Gasteiger partial charge in [0, 0.05) is 11.1 Å². The topological polar surface area (TPSA) is 51.7 Å². The van der Waals surface area contributed by atoms with Gasteiger partial charge in [0.15, 0.2) is 4.34 Å². The van der Waals surface area contributed by atoms with Crippen LogP contribution in [0, 0.1) is 10.7 Å². The van der Waals surface area contributed by atoms with Crippen LogP contribution in [0.5, 0.6) is 0 Å². The Bertz CT molecular complexity index is 1410. The zero-order valence-electron chi connectivity index (χ0n) is 20.2. The predicted octanol–water partition coefficient (Wildman–Crippen LogP) is 7.53. The third kappa shape index (κ3) is 5.18. The Morgan fingerprint density at radius 3 is 2.53 bits per heavy atom. The van der Waals surface area contributed by atoms with Gasteiger partial charge in [-0.3, -0.25) is 4.79 Å². The first-order valence-corrected chi connectivity index (χ1v) is 15.9. The maximum absolute atomic E-state index is 13.5. The molecule has 0 radical (unpaired) electrons. The fourth-order valence-electron chi connectivity index (χ4n) is 4.33. The van der Waals surface area contributed by atoms with E-state index in [9.17, 15) is 4.79 Å². The van der Waals surface area contributed by atoms with Crippen LogP contribution in [-0.2, 0) is 19.8 Å². The molecule has 2 aromatic heterocycles. The van der Waals surface area contributed by atoms with Gasteiger partial charge in [-0.2, -0.15) is 0 Å². The molecule has 36 heavy (non-hydrogen) atoms. The molecule has 2 aliphatic heterocycles. The van der Waals surface area contributed by atoms with Gasteiger partial charge >= 0.3 is 0 Å². The van der Waals surface area contributed by atoms with E-state index in [0.29, 0.717) is 5.75 Å². The minimum atomic E-state index is -0.443. The summed E-state index contributed by atoms with van der Waals surface area (Å²) in [5, 5.41) is 0. The summed E-state index contributed by atoms with van der Waals surface area (Å²) < 4.78 is 12.9. The van der Waals surface area contributed by atoms with Crippen molar-refractivity contribution in [2.45, 2.75) is 30.6 Å². The van der Waals surface area contributed by atoms with Crippen LogP contribution in [-0.4, -0.2) is 43.1 Å². The summed E-state index contributed by atoms with van der Waals surface area (Å²) in [4.78, 5) is 21.3. The molecule has 0 bridgehead atoms. The Kier molecular flexibility index (Phi) is 7.92. The lowest BCUT2D eigenvalue weighted by Crippen LogP contribution is -2.48. The second-order valence-corrected chi connectivity index (χ2v) is 14.0. The van der Waals surface area contributed by atoms with Crippen molar-refractivity contribution in [3.05, 3.63) is 56.7 Å². The molecule has 2 aliphatic rings. The smallest absolute Gasteiger partial charge is 0.238 e. The Morgan fingerprint density at radius 2 is 1.83 bits per heavy atom. The SMILES string of the molecule is C1COCCO1.Cc1ccc2c(c1)-c1c(ssc1=S)C(C)(C)N2C(=O)CSc1nc2ccccc2s1. The van der Waals surface area contributed by atoms with E-state index in [1.807, 2.05) is 23.1 Å².